The Hall–Kier alpha value is -3.17. The fourth-order valence-electron chi connectivity index (χ4n) is 7.35. The van der Waals surface area contributed by atoms with Gasteiger partial charge >= 0.3 is 5.97 Å². The molecule has 3 aliphatic rings. The molecule has 9 nitrogen and oxygen atoms in total. The van der Waals surface area contributed by atoms with Crippen LogP contribution in [0, 0.1) is 11.8 Å². The summed E-state index contributed by atoms with van der Waals surface area (Å²) in [5.41, 5.74) is -0.214. The Balaban J connectivity index is 1.74. The third-order valence-electron chi connectivity index (χ3n) is 9.41. The Bertz CT molecular complexity index is 1150. The fraction of sp³-hybridized carbons (Fsp3) is 0.606. The minimum Gasteiger partial charge on any atom is -0.465 e. The molecule has 0 aliphatic carbocycles. The van der Waals surface area contributed by atoms with Crippen LogP contribution < -0.4 is 9.80 Å². The van der Waals surface area contributed by atoms with Crippen molar-refractivity contribution in [3.8, 4) is 0 Å². The molecule has 3 heterocycles. The average molecular weight is 582 g/mol. The first-order chi connectivity index (χ1) is 20.3. The highest BCUT2D eigenvalue weighted by Crippen LogP contribution is 2.64. The number of benzene rings is 1. The van der Waals surface area contributed by atoms with Crippen molar-refractivity contribution in [3.05, 3.63) is 49.6 Å². The minimum absolute atomic E-state index is 0.00953. The topological polar surface area (TPSA) is 99.6 Å². The molecule has 1 aromatic carbocycles. The molecule has 0 radical (unpaired) electrons. The van der Waals surface area contributed by atoms with Crippen molar-refractivity contribution in [1.82, 2.24) is 4.90 Å². The van der Waals surface area contributed by atoms with Crippen LogP contribution in [0.4, 0.5) is 11.4 Å². The number of anilines is 2. The second-order valence-electron chi connectivity index (χ2n) is 11.5. The molecule has 1 aromatic rings. The van der Waals surface area contributed by atoms with Crippen molar-refractivity contribution < 1.29 is 29.0 Å². The maximum Gasteiger partial charge on any atom is 0.312 e. The molecular weight excluding hydrogens is 534 g/mol. The summed E-state index contributed by atoms with van der Waals surface area (Å²) in [5.74, 6) is -2.54. The number of amides is 2. The van der Waals surface area contributed by atoms with Gasteiger partial charge < -0.3 is 29.3 Å². The van der Waals surface area contributed by atoms with Gasteiger partial charge in [0.05, 0.1) is 18.1 Å². The summed E-state index contributed by atoms with van der Waals surface area (Å²) in [6.45, 7) is 16.2. The van der Waals surface area contributed by atoms with E-state index in [4.69, 9.17) is 9.47 Å². The first-order valence-corrected chi connectivity index (χ1v) is 15.4. The Labute approximate surface area is 250 Å². The predicted octanol–water partition coefficient (Wildman–Crippen LogP) is 4.10. The number of unbranched alkanes of at least 4 members (excludes halogenated alkanes) is 1. The van der Waals surface area contributed by atoms with Crippen molar-refractivity contribution in [2.75, 3.05) is 49.2 Å². The standard InChI is InChI=1S/C33H47N3O6/c1-6-11-23-41-31(40)27-26-29(38)36(21-12-13-22-37)28(33(26)19-18-32(27,8-3)42-33)30(39)35(20-7-2)25-16-14-24(15-17-25)34(9-4)10-5/h6-7,14-17,26-28,37H,1-2,8-13,18-23H2,3-5H3/t26-,27+,28?,32-,33?/m0/s1. The molecular formula is C33H47N3O6. The largest absolute Gasteiger partial charge is 0.465 e. The lowest BCUT2D eigenvalue weighted by atomic mass is 9.65. The van der Waals surface area contributed by atoms with Crippen LogP contribution in [0.5, 0.6) is 0 Å². The van der Waals surface area contributed by atoms with Crippen molar-refractivity contribution in [3.63, 3.8) is 0 Å². The van der Waals surface area contributed by atoms with E-state index >= 15 is 0 Å². The van der Waals surface area contributed by atoms with Gasteiger partial charge in [0.25, 0.3) is 5.91 Å². The lowest BCUT2D eigenvalue weighted by Gasteiger charge is -2.37. The SMILES string of the molecule is C=CCCOC(=O)[C@H]1[C@H]2C(=O)N(CCCCO)C(C(=O)N(CC=C)c3ccc(N(CC)CC)cc3)C23CC[C@]1(CC)O3. The second kappa shape index (κ2) is 13.4. The van der Waals surface area contributed by atoms with Crippen LogP contribution in [0.25, 0.3) is 0 Å². The number of esters is 1. The van der Waals surface area contributed by atoms with Crippen LogP contribution in [-0.2, 0) is 23.9 Å². The molecule has 3 aliphatic heterocycles. The molecule has 3 saturated heterocycles. The first kappa shape index (κ1) is 31.8. The normalized spacial score (nSPS) is 27.6. The Morgan fingerprint density at radius 3 is 2.38 bits per heavy atom. The highest BCUT2D eigenvalue weighted by Gasteiger charge is 2.79. The van der Waals surface area contributed by atoms with Crippen molar-refractivity contribution in [2.45, 2.75) is 76.5 Å². The van der Waals surface area contributed by atoms with Gasteiger partial charge in [0.1, 0.15) is 17.6 Å². The molecule has 3 fully saturated rings. The van der Waals surface area contributed by atoms with E-state index in [1.165, 1.54) is 0 Å². The van der Waals surface area contributed by atoms with E-state index in [1.807, 2.05) is 31.2 Å². The number of aliphatic hydroxyl groups is 1. The maximum atomic E-state index is 14.7. The molecule has 4 rings (SSSR count). The predicted molar refractivity (Wildman–Crippen MR) is 163 cm³/mol. The van der Waals surface area contributed by atoms with Crippen LogP contribution in [0.3, 0.4) is 0 Å². The monoisotopic (exact) mass is 581 g/mol. The van der Waals surface area contributed by atoms with Crippen molar-refractivity contribution >= 4 is 29.2 Å². The third kappa shape index (κ3) is 5.37. The summed E-state index contributed by atoms with van der Waals surface area (Å²) in [6.07, 6.45) is 6.52. The van der Waals surface area contributed by atoms with Crippen molar-refractivity contribution in [2.24, 2.45) is 11.8 Å². The van der Waals surface area contributed by atoms with Gasteiger partial charge in [0.2, 0.25) is 5.91 Å². The number of likely N-dealkylation sites (tertiary alicyclic amines) is 1. The summed E-state index contributed by atoms with van der Waals surface area (Å²) < 4.78 is 12.5. The molecule has 2 bridgehead atoms. The van der Waals surface area contributed by atoms with E-state index in [9.17, 15) is 19.5 Å². The smallest absolute Gasteiger partial charge is 0.312 e. The molecule has 1 spiro atoms. The first-order valence-electron chi connectivity index (χ1n) is 15.4. The van der Waals surface area contributed by atoms with E-state index < -0.39 is 35.0 Å². The molecule has 2 amide bonds. The number of carbonyl (C=O) groups is 3. The Kier molecular flexibility index (Phi) is 10.1. The zero-order chi connectivity index (χ0) is 30.5. The molecule has 230 valence electrons. The van der Waals surface area contributed by atoms with E-state index in [2.05, 4.69) is 31.9 Å². The second-order valence-corrected chi connectivity index (χ2v) is 11.5. The summed E-state index contributed by atoms with van der Waals surface area (Å²) in [6, 6.07) is 6.96. The van der Waals surface area contributed by atoms with Crippen LogP contribution in [0.15, 0.2) is 49.6 Å². The molecule has 42 heavy (non-hydrogen) atoms. The molecule has 1 N–H and O–H groups in total. The van der Waals surface area contributed by atoms with Crippen LogP contribution >= 0.6 is 0 Å². The molecule has 2 unspecified atom stereocenters. The van der Waals surface area contributed by atoms with Crippen LogP contribution in [-0.4, -0.2) is 84.4 Å². The number of hydrogen-bond donors (Lipinski definition) is 1. The average Bonchev–Trinajstić information content (AvgIpc) is 3.60. The van der Waals surface area contributed by atoms with Gasteiger partial charge in [-0.2, -0.15) is 0 Å². The molecule has 0 aromatic heterocycles. The maximum absolute atomic E-state index is 14.7. The van der Waals surface area contributed by atoms with Gasteiger partial charge in [0, 0.05) is 44.2 Å². The summed E-state index contributed by atoms with van der Waals surface area (Å²) in [4.78, 5) is 48.0. The van der Waals surface area contributed by atoms with Crippen molar-refractivity contribution in [1.29, 1.82) is 0 Å². The number of rotatable bonds is 16. The van der Waals surface area contributed by atoms with E-state index in [1.54, 1.807) is 22.0 Å². The molecule has 0 saturated carbocycles. The van der Waals surface area contributed by atoms with Crippen LogP contribution in [0.1, 0.15) is 59.3 Å². The number of fused-ring (bicyclic) bond motifs is 1. The lowest BCUT2D eigenvalue weighted by Crippen LogP contribution is -2.56. The van der Waals surface area contributed by atoms with Crippen LogP contribution in [0.2, 0.25) is 0 Å². The number of hydrogen-bond acceptors (Lipinski definition) is 7. The zero-order valence-corrected chi connectivity index (χ0v) is 25.4. The number of aliphatic hydroxyl groups excluding tert-OH is 1. The summed E-state index contributed by atoms with van der Waals surface area (Å²) in [5, 5.41) is 9.45. The molecule has 9 heteroatoms. The summed E-state index contributed by atoms with van der Waals surface area (Å²) in [7, 11) is 0. The fourth-order valence-corrected chi connectivity index (χ4v) is 7.35. The number of ether oxygens (including phenoxy) is 2. The number of nitrogens with zero attached hydrogens (tertiary/aromatic N) is 3. The lowest BCUT2D eigenvalue weighted by molar-refractivity contribution is -0.160. The Morgan fingerprint density at radius 2 is 1.79 bits per heavy atom. The van der Waals surface area contributed by atoms with Gasteiger partial charge in [-0.05, 0) is 76.6 Å². The van der Waals surface area contributed by atoms with Gasteiger partial charge in [-0.25, -0.2) is 0 Å². The zero-order valence-electron chi connectivity index (χ0n) is 25.4. The van der Waals surface area contributed by atoms with E-state index in [0.29, 0.717) is 44.2 Å². The van der Waals surface area contributed by atoms with Gasteiger partial charge in [0.15, 0.2) is 0 Å². The van der Waals surface area contributed by atoms with Gasteiger partial charge in [-0.15, -0.1) is 13.2 Å². The minimum atomic E-state index is -1.13. The molecule has 5 atom stereocenters. The van der Waals surface area contributed by atoms with Gasteiger partial charge in [-0.1, -0.05) is 19.1 Å². The number of carbonyl (C=O) groups excluding carboxylic acids is 3. The Morgan fingerprint density at radius 1 is 1.10 bits per heavy atom. The highest BCUT2D eigenvalue weighted by atomic mass is 16.6. The van der Waals surface area contributed by atoms with Gasteiger partial charge in [-0.3, -0.25) is 14.4 Å². The van der Waals surface area contributed by atoms with E-state index in [0.717, 1.165) is 18.8 Å². The quantitative estimate of drug-likeness (QED) is 0.178. The highest BCUT2D eigenvalue weighted by molar-refractivity contribution is 6.05. The third-order valence-corrected chi connectivity index (χ3v) is 9.41. The van der Waals surface area contributed by atoms with E-state index in [-0.39, 0.29) is 38.1 Å². The summed E-state index contributed by atoms with van der Waals surface area (Å²) >= 11 is 0.